The minimum atomic E-state index is -3.65. The SMILES string of the molecule is O=S(=O)(c1cccc(F)c1)N1CCN(Cc2cc3ccccn3n2)CC1. The van der Waals surface area contributed by atoms with Gasteiger partial charge in [-0.3, -0.25) is 4.90 Å². The third kappa shape index (κ3) is 3.35. The lowest BCUT2D eigenvalue weighted by Crippen LogP contribution is -2.48. The number of aromatic nitrogens is 2. The molecule has 0 amide bonds. The van der Waals surface area contributed by atoms with Crippen molar-refractivity contribution in [3.8, 4) is 0 Å². The number of halogens is 1. The molecule has 0 bridgehead atoms. The quantitative estimate of drug-likeness (QED) is 0.701. The molecule has 8 heteroatoms. The summed E-state index contributed by atoms with van der Waals surface area (Å²) in [7, 11) is -3.65. The van der Waals surface area contributed by atoms with Gasteiger partial charge in [0.2, 0.25) is 10.0 Å². The van der Waals surface area contributed by atoms with Gasteiger partial charge in [0.15, 0.2) is 0 Å². The van der Waals surface area contributed by atoms with Crippen molar-refractivity contribution in [3.63, 3.8) is 0 Å². The third-order valence-corrected chi connectivity index (χ3v) is 6.47. The van der Waals surface area contributed by atoms with E-state index in [-0.39, 0.29) is 4.90 Å². The zero-order valence-corrected chi connectivity index (χ0v) is 14.9. The Morgan fingerprint density at radius 3 is 2.54 bits per heavy atom. The Labute approximate surface area is 151 Å². The summed E-state index contributed by atoms with van der Waals surface area (Å²) in [4.78, 5) is 2.19. The Balaban J connectivity index is 1.42. The summed E-state index contributed by atoms with van der Waals surface area (Å²) in [6.45, 7) is 2.67. The van der Waals surface area contributed by atoms with Crippen LogP contribution < -0.4 is 0 Å². The van der Waals surface area contributed by atoms with E-state index in [4.69, 9.17) is 0 Å². The summed E-state index contributed by atoms with van der Waals surface area (Å²) in [5.41, 5.74) is 1.99. The molecule has 3 aromatic rings. The molecule has 0 aliphatic carbocycles. The Hall–Kier alpha value is -2.29. The van der Waals surface area contributed by atoms with E-state index in [1.165, 1.54) is 22.5 Å². The first-order valence-corrected chi connectivity index (χ1v) is 9.88. The molecule has 3 heterocycles. The van der Waals surface area contributed by atoms with Gasteiger partial charge >= 0.3 is 0 Å². The van der Waals surface area contributed by atoms with Crippen molar-refractivity contribution in [2.75, 3.05) is 26.2 Å². The molecule has 0 unspecified atom stereocenters. The topological polar surface area (TPSA) is 57.9 Å². The Morgan fingerprint density at radius 2 is 1.81 bits per heavy atom. The fraction of sp³-hybridized carbons (Fsp3) is 0.278. The maximum atomic E-state index is 13.4. The van der Waals surface area contributed by atoms with E-state index in [9.17, 15) is 12.8 Å². The minimum absolute atomic E-state index is 0.00583. The maximum absolute atomic E-state index is 13.4. The zero-order valence-electron chi connectivity index (χ0n) is 14.1. The van der Waals surface area contributed by atoms with Gasteiger partial charge in [-0.25, -0.2) is 17.3 Å². The monoisotopic (exact) mass is 374 g/mol. The molecule has 0 N–H and O–H groups in total. The number of sulfonamides is 1. The summed E-state index contributed by atoms with van der Waals surface area (Å²) in [5.74, 6) is -0.545. The van der Waals surface area contributed by atoms with Gasteiger partial charge in [0.1, 0.15) is 5.82 Å². The highest BCUT2D eigenvalue weighted by atomic mass is 32.2. The van der Waals surface area contributed by atoms with Crippen molar-refractivity contribution in [2.24, 2.45) is 0 Å². The molecule has 1 aliphatic heterocycles. The van der Waals surface area contributed by atoms with Crippen molar-refractivity contribution >= 4 is 15.5 Å². The molecule has 4 rings (SSSR count). The summed E-state index contributed by atoms with van der Waals surface area (Å²) in [6, 6.07) is 13.1. The summed E-state index contributed by atoms with van der Waals surface area (Å²) >= 11 is 0. The number of fused-ring (bicyclic) bond motifs is 1. The van der Waals surface area contributed by atoms with Crippen molar-refractivity contribution in [3.05, 3.63) is 66.2 Å². The molecular formula is C18H19FN4O2S. The van der Waals surface area contributed by atoms with E-state index in [0.717, 1.165) is 17.3 Å². The Kier molecular flexibility index (Phi) is 4.47. The standard InChI is InChI=1S/C18H19FN4O2S/c19-15-4-3-6-18(12-15)26(24,25)22-10-8-21(9-11-22)14-16-13-17-5-1-2-7-23(17)20-16/h1-7,12-13H,8-11,14H2. The summed E-state index contributed by atoms with van der Waals surface area (Å²) in [6.07, 6.45) is 1.91. The summed E-state index contributed by atoms with van der Waals surface area (Å²) in [5, 5.41) is 4.53. The molecule has 0 spiro atoms. The van der Waals surface area contributed by atoms with E-state index < -0.39 is 15.8 Å². The molecule has 1 aromatic carbocycles. The first-order valence-electron chi connectivity index (χ1n) is 8.44. The first-order chi connectivity index (χ1) is 12.5. The van der Waals surface area contributed by atoms with Gasteiger partial charge < -0.3 is 0 Å². The van der Waals surface area contributed by atoms with Crippen LogP contribution in [-0.4, -0.2) is 53.4 Å². The first kappa shape index (κ1) is 17.1. The van der Waals surface area contributed by atoms with Crippen LogP contribution in [0.5, 0.6) is 0 Å². The molecule has 6 nitrogen and oxygen atoms in total. The molecule has 1 fully saturated rings. The molecule has 0 radical (unpaired) electrons. The van der Waals surface area contributed by atoms with E-state index in [1.54, 1.807) is 0 Å². The van der Waals surface area contributed by atoms with Gasteiger partial charge in [-0.2, -0.15) is 9.40 Å². The molecular weight excluding hydrogens is 355 g/mol. The van der Waals surface area contributed by atoms with Crippen molar-refractivity contribution in [1.82, 2.24) is 18.8 Å². The van der Waals surface area contributed by atoms with Crippen LogP contribution in [0.25, 0.3) is 5.52 Å². The van der Waals surface area contributed by atoms with Gasteiger partial charge in [-0.15, -0.1) is 0 Å². The summed E-state index contributed by atoms with van der Waals surface area (Å²) < 4.78 is 41.9. The number of rotatable bonds is 4. The molecule has 1 saturated heterocycles. The lowest BCUT2D eigenvalue weighted by molar-refractivity contribution is 0.180. The van der Waals surface area contributed by atoms with Gasteiger partial charge in [0.05, 0.1) is 16.1 Å². The fourth-order valence-corrected chi connectivity index (χ4v) is 4.66. The van der Waals surface area contributed by atoms with Crippen molar-refractivity contribution in [2.45, 2.75) is 11.4 Å². The predicted molar refractivity (Wildman–Crippen MR) is 95.6 cm³/mol. The number of nitrogens with zero attached hydrogens (tertiary/aromatic N) is 4. The van der Waals surface area contributed by atoms with Gasteiger partial charge in [-0.05, 0) is 36.4 Å². The van der Waals surface area contributed by atoms with Crippen molar-refractivity contribution < 1.29 is 12.8 Å². The van der Waals surface area contributed by atoms with Crippen LogP contribution in [0.3, 0.4) is 0 Å². The van der Waals surface area contributed by atoms with E-state index in [0.29, 0.717) is 32.7 Å². The normalized spacial score (nSPS) is 17.0. The van der Waals surface area contributed by atoms with Crippen LogP contribution in [-0.2, 0) is 16.6 Å². The maximum Gasteiger partial charge on any atom is 0.243 e. The van der Waals surface area contributed by atoms with Gasteiger partial charge in [0, 0.05) is 38.9 Å². The number of piperazine rings is 1. The van der Waals surface area contributed by atoms with E-state index in [1.807, 2.05) is 35.0 Å². The molecule has 0 saturated carbocycles. The molecule has 2 aromatic heterocycles. The van der Waals surface area contributed by atoms with Crippen molar-refractivity contribution in [1.29, 1.82) is 0 Å². The second-order valence-electron chi connectivity index (χ2n) is 6.34. The number of pyridine rings is 1. The number of hydrogen-bond donors (Lipinski definition) is 0. The number of benzene rings is 1. The Bertz CT molecular complexity index is 993. The Morgan fingerprint density at radius 1 is 1.00 bits per heavy atom. The second kappa shape index (κ2) is 6.79. The molecule has 136 valence electrons. The molecule has 0 atom stereocenters. The predicted octanol–water partition coefficient (Wildman–Crippen LogP) is 1.98. The van der Waals surface area contributed by atoms with Crippen LogP contribution in [0.15, 0.2) is 59.6 Å². The van der Waals surface area contributed by atoms with Crippen LogP contribution in [0.2, 0.25) is 0 Å². The molecule has 26 heavy (non-hydrogen) atoms. The smallest absolute Gasteiger partial charge is 0.243 e. The fourth-order valence-electron chi connectivity index (χ4n) is 3.20. The number of hydrogen-bond acceptors (Lipinski definition) is 4. The van der Waals surface area contributed by atoms with Gasteiger partial charge in [0.25, 0.3) is 0 Å². The third-order valence-electron chi connectivity index (χ3n) is 4.57. The minimum Gasteiger partial charge on any atom is -0.295 e. The van der Waals surface area contributed by atoms with Crippen LogP contribution in [0, 0.1) is 5.82 Å². The molecule has 1 aliphatic rings. The second-order valence-corrected chi connectivity index (χ2v) is 8.28. The largest absolute Gasteiger partial charge is 0.295 e. The highest BCUT2D eigenvalue weighted by Gasteiger charge is 2.28. The highest BCUT2D eigenvalue weighted by molar-refractivity contribution is 7.89. The van der Waals surface area contributed by atoms with Gasteiger partial charge in [-0.1, -0.05) is 12.1 Å². The van der Waals surface area contributed by atoms with E-state index in [2.05, 4.69) is 10.00 Å². The zero-order chi connectivity index (χ0) is 18.1. The lowest BCUT2D eigenvalue weighted by Gasteiger charge is -2.33. The van der Waals surface area contributed by atoms with E-state index >= 15 is 0 Å². The lowest BCUT2D eigenvalue weighted by atomic mass is 10.3. The van der Waals surface area contributed by atoms with Crippen LogP contribution in [0.1, 0.15) is 5.69 Å². The van der Waals surface area contributed by atoms with Crippen LogP contribution in [0.4, 0.5) is 4.39 Å². The average Bonchev–Trinajstić information content (AvgIpc) is 3.04. The van der Waals surface area contributed by atoms with Crippen LogP contribution >= 0.6 is 0 Å². The average molecular weight is 374 g/mol. The highest BCUT2D eigenvalue weighted by Crippen LogP contribution is 2.19.